The fourth-order valence-corrected chi connectivity index (χ4v) is 3.52. The molecule has 3 atom stereocenters. The average molecular weight is 305 g/mol. The van der Waals surface area contributed by atoms with Crippen LogP contribution in [0.4, 0.5) is 0 Å². The van der Waals surface area contributed by atoms with E-state index in [9.17, 15) is 0 Å². The maximum Gasteiger partial charge on any atom is 0.118 e. The van der Waals surface area contributed by atoms with Gasteiger partial charge in [0, 0.05) is 38.3 Å². The lowest BCUT2D eigenvalue weighted by Crippen LogP contribution is -2.53. The highest BCUT2D eigenvalue weighted by Gasteiger charge is 2.32. The van der Waals surface area contributed by atoms with E-state index in [1.165, 1.54) is 12.0 Å². The van der Waals surface area contributed by atoms with E-state index in [2.05, 4.69) is 42.8 Å². The van der Waals surface area contributed by atoms with Crippen molar-refractivity contribution in [3.8, 4) is 5.75 Å². The van der Waals surface area contributed by atoms with E-state index in [4.69, 9.17) is 10.5 Å². The van der Waals surface area contributed by atoms with Crippen LogP contribution in [0.5, 0.6) is 5.75 Å². The van der Waals surface area contributed by atoms with E-state index >= 15 is 0 Å². The van der Waals surface area contributed by atoms with Crippen LogP contribution in [0, 0.1) is 5.92 Å². The minimum absolute atomic E-state index is 0.608. The molecule has 0 aromatic heterocycles. The molecule has 1 saturated heterocycles. The third-order valence-corrected chi connectivity index (χ3v) is 5.00. The van der Waals surface area contributed by atoms with Crippen LogP contribution in [0.15, 0.2) is 24.3 Å². The van der Waals surface area contributed by atoms with E-state index < -0.39 is 0 Å². The third kappa shape index (κ3) is 4.22. The van der Waals surface area contributed by atoms with Crippen LogP contribution in [-0.2, 0) is 6.54 Å². The number of nitrogens with two attached hydrogens (primary N) is 1. The molecule has 1 fully saturated rings. The first-order valence-corrected chi connectivity index (χ1v) is 8.32. The van der Waals surface area contributed by atoms with E-state index in [-0.39, 0.29) is 0 Å². The SMILES string of the molecule is COc1ccc(CN(CCN)[C@H]2C[C@@H](C)N(C)C[C@H]2C)cc1. The highest BCUT2D eigenvalue weighted by Crippen LogP contribution is 2.26. The van der Waals surface area contributed by atoms with Gasteiger partial charge in [0.05, 0.1) is 7.11 Å². The van der Waals surface area contributed by atoms with Crippen molar-refractivity contribution in [1.29, 1.82) is 0 Å². The Hall–Kier alpha value is -1.10. The lowest BCUT2D eigenvalue weighted by molar-refractivity contribution is 0.0428. The molecule has 2 N–H and O–H groups in total. The number of rotatable bonds is 6. The fourth-order valence-electron chi connectivity index (χ4n) is 3.52. The van der Waals surface area contributed by atoms with Gasteiger partial charge in [0.25, 0.3) is 0 Å². The third-order valence-electron chi connectivity index (χ3n) is 5.00. The van der Waals surface area contributed by atoms with Gasteiger partial charge in [-0.05, 0) is 44.0 Å². The Morgan fingerprint density at radius 1 is 1.27 bits per heavy atom. The molecule has 0 amide bonds. The molecule has 4 heteroatoms. The van der Waals surface area contributed by atoms with Crippen LogP contribution in [0.25, 0.3) is 0 Å². The summed E-state index contributed by atoms with van der Waals surface area (Å²) in [4.78, 5) is 5.03. The van der Waals surface area contributed by atoms with Crippen molar-refractivity contribution in [2.24, 2.45) is 11.7 Å². The highest BCUT2D eigenvalue weighted by molar-refractivity contribution is 5.27. The molecule has 22 heavy (non-hydrogen) atoms. The van der Waals surface area contributed by atoms with Crippen molar-refractivity contribution in [3.63, 3.8) is 0 Å². The van der Waals surface area contributed by atoms with Crippen molar-refractivity contribution < 1.29 is 4.74 Å². The summed E-state index contributed by atoms with van der Waals surface area (Å²) in [5.41, 5.74) is 7.20. The summed E-state index contributed by atoms with van der Waals surface area (Å²) in [7, 11) is 3.94. The summed E-state index contributed by atoms with van der Waals surface area (Å²) in [6.45, 7) is 8.49. The Morgan fingerprint density at radius 2 is 1.95 bits per heavy atom. The zero-order chi connectivity index (χ0) is 16.1. The normalized spacial score (nSPS) is 26.4. The summed E-state index contributed by atoms with van der Waals surface area (Å²) in [5, 5.41) is 0. The topological polar surface area (TPSA) is 41.7 Å². The molecule has 0 saturated carbocycles. The van der Waals surface area contributed by atoms with Gasteiger partial charge in [-0.25, -0.2) is 0 Å². The molecule has 1 aliphatic heterocycles. The minimum atomic E-state index is 0.608. The number of likely N-dealkylation sites (tertiary alicyclic amines) is 1. The number of hydrogen-bond donors (Lipinski definition) is 1. The van der Waals surface area contributed by atoms with Crippen LogP contribution in [0.3, 0.4) is 0 Å². The van der Waals surface area contributed by atoms with Crippen LogP contribution >= 0.6 is 0 Å². The number of nitrogens with zero attached hydrogens (tertiary/aromatic N) is 2. The minimum Gasteiger partial charge on any atom is -0.497 e. The maximum absolute atomic E-state index is 5.87. The Labute approximate surface area is 135 Å². The average Bonchev–Trinajstić information content (AvgIpc) is 2.51. The number of piperidine rings is 1. The first-order chi connectivity index (χ1) is 10.5. The Morgan fingerprint density at radius 3 is 2.55 bits per heavy atom. The van der Waals surface area contributed by atoms with Gasteiger partial charge in [0.2, 0.25) is 0 Å². The van der Waals surface area contributed by atoms with Crippen LogP contribution in [0.2, 0.25) is 0 Å². The van der Waals surface area contributed by atoms with E-state index in [1.54, 1.807) is 7.11 Å². The van der Waals surface area contributed by atoms with Gasteiger partial charge in [0.1, 0.15) is 5.75 Å². The molecule has 0 radical (unpaired) electrons. The maximum atomic E-state index is 5.87. The summed E-state index contributed by atoms with van der Waals surface area (Å²) in [5.74, 6) is 1.58. The van der Waals surface area contributed by atoms with Crippen molar-refractivity contribution in [2.75, 3.05) is 33.8 Å². The van der Waals surface area contributed by atoms with Gasteiger partial charge in [-0.2, -0.15) is 0 Å². The predicted octanol–water partition coefficient (Wildman–Crippen LogP) is 2.18. The molecule has 124 valence electrons. The van der Waals surface area contributed by atoms with Gasteiger partial charge < -0.3 is 15.4 Å². The molecule has 1 heterocycles. The second-order valence-corrected chi connectivity index (χ2v) is 6.68. The van der Waals surface area contributed by atoms with E-state index in [1.807, 2.05) is 12.1 Å². The van der Waals surface area contributed by atoms with Crippen molar-refractivity contribution in [2.45, 2.75) is 38.9 Å². The van der Waals surface area contributed by atoms with Crippen molar-refractivity contribution in [3.05, 3.63) is 29.8 Å². The molecule has 1 aromatic rings. The molecule has 1 aromatic carbocycles. The quantitative estimate of drug-likeness (QED) is 0.875. The molecule has 0 aliphatic carbocycles. The van der Waals surface area contributed by atoms with Gasteiger partial charge in [-0.3, -0.25) is 4.90 Å². The standard InChI is InChI=1S/C18H31N3O/c1-14-12-20(3)15(2)11-18(14)21(10-9-19)13-16-5-7-17(22-4)8-6-16/h5-8,14-15,18H,9-13,19H2,1-4H3/t14-,15-,18+/m1/s1. The number of ether oxygens (including phenoxy) is 1. The summed E-state index contributed by atoms with van der Waals surface area (Å²) in [6.07, 6.45) is 1.22. The van der Waals surface area contributed by atoms with Gasteiger partial charge >= 0.3 is 0 Å². The first kappa shape index (κ1) is 17.3. The van der Waals surface area contributed by atoms with Crippen molar-refractivity contribution >= 4 is 0 Å². The first-order valence-electron chi connectivity index (χ1n) is 8.32. The summed E-state index contributed by atoms with van der Waals surface area (Å²) < 4.78 is 5.24. The lowest BCUT2D eigenvalue weighted by atomic mass is 9.88. The smallest absolute Gasteiger partial charge is 0.118 e. The largest absolute Gasteiger partial charge is 0.497 e. The molecule has 0 spiro atoms. The van der Waals surface area contributed by atoms with Crippen molar-refractivity contribution in [1.82, 2.24) is 9.80 Å². The Bertz CT molecular complexity index is 448. The van der Waals surface area contributed by atoms with Gasteiger partial charge in [-0.15, -0.1) is 0 Å². The Balaban J connectivity index is 2.07. The number of methoxy groups -OCH3 is 1. The van der Waals surface area contributed by atoms with E-state index in [0.29, 0.717) is 24.5 Å². The van der Waals surface area contributed by atoms with Gasteiger partial charge in [-0.1, -0.05) is 19.1 Å². The molecule has 1 aliphatic rings. The monoisotopic (exact) mass is 305 g/mol. The molecular formula is C18H31N3O. The van der Waals surface area contributed by atoms with Crippen LogP contribution in [0.1, 0.15) is 25.8 Å². The second-order valence-electron chi connectivity index (χ2n) is 6.68. The van der Waals surface area contributed by atoms with E-state index in [0.717, 1.165) is 25.4 Å². The van der Waals surface area contributed by atoms with Gasteiger partial charge in [0.15, 0.2) is 0 Å². The van der Waals surface area contributed by atoms with Crippen LogP contribution in [-0.4, -0.2) is 55.7 Å². The highest BCUT2D eigenvalue weighted by atomic mass is 16.5. The number of benzene rings is 1. The summed E-state index contributed by atoms with van der Waals surface area (Å²) >= 11 is 0. The predicted molar refractivity (Wildman–Crippen MR) is 92.1 cm³/mol. The zero-order valence-electron chi connectivity index (χ0n) is 14.5. The Kier molecular flexibility index (Phi) is 6.24. The zero-order valence-corrected chi connectivity index (χ0v) is 14.5. The number of hydrogen-bond acceptors (Lipinski definition) is 4. The fraction of sp³-hybridized carbons (Fsp3) is 0.667. The second kappa shape index (κ2) is 7.95. The molecular weight excluding hydrogens is 274 g/mol. The lowest BCUT2D eigenvalue weighted by Gasteiger charge is -2.45. The van der Waals surface area contributed by atoms with Crippen LogP contribution < -0.4 is 10.5 Å². The molecule has 0 bridgehead atoms. The molecule has 4 nitrogen and oxygen atoms in total. The molecule has 0 unspecified atom stereocenters. The summed E-state index contributed by atoms with van der Waals surface area (Å²) in [6, 6.07) is 9.64. The molecule has 2 rings (SSSR count).